The van der Waals surface area contributed by atoms with E-state index < -0.39 is 23.3 Å². The highest BCUT2D eigenvalue weighted by Gasteiger charge is 2.22. The first-order valence-electron chi connectivity index (χ1n) is 11.8. The van der Waals surface area contributed by atoms with Crippen molar-refractivity contribution in [2.75, 3.05) is 7.11 Å². The maximum atomic E-state index is 13.6. The van der Waals surface area contributed by atoms with Gasteiger partial charge in [0.15, 0.2) is 0 Å². The van der Waals surface area contributed by atoms with Crippen LogP contribution < -0.4 is 21.3 Å². The van der Waals surface area contributed by atoms with Gasteiger partial charge in [0.1, 0.15) is 5.75 Å². The number of rotatable bonds is 7. The predicted octanol–water partition coefficient (Wildman–Crippen LogP) is 4.22. The molecule has 0 saturated carbocycles. The molecule has 1 aromatic heterocycles. The lowest BCUT2D eigenvalue weighted by molar-refractivity contribution is 0.0695. The number of carbonyl (C=O) groups excluding carboxylic acids is 1. The molecular weight excluding hydrogens is 601 g/mol. The van der Waals surface area contributed by atoms with Gasteiger partial charge in [-0.05, 0) is 79.4 Å². The number of carbonyl (C=O) groups is 2. The fourth-order valence-corrected chi connectivity index (χ4v) is 5.12. The Bertz CT molecular complexity index is 1690. The molecule has 0 spiro atoms. The van der Waals surface area contributed by atoms with Crippen molar-refractivity contribution in [2.45, 2.75) is 33.4 Å². The summed E-state index contributed by atoms with van der Waals surface area (Å²) in [6, 6.07) is 14.4. The third-order valence-electron chi connectivity index (χ3n) is 6.80. The highest BCUT2D eigenvalue weighted by molar-refractivity contribution is 14.1. The number of ether oxygens (including phenoxy) is 1. The Morgan fingerprint density at radius 3 is 2.34 bits per heavy atom. The average Bonchev–Trinajstić information content (AvgIpc) is 2.91. The van der Waals surface area contributed by atoms with Crippen molar-refractivity contribution in [1.29, 1.82) is 0 Å². The first-order valence-corrected chi connectivity index (χ1v) is 12.7. The van der Waals surface area contributed by atoms with Crippen LogP contribution in [0, 0.1) is 13.8 Å². The fraction of sp³-hybridized carbons (Fsp3) is 0.214. The number of aromatic nitrogens is 2. The maximum Gasteiger partial charge on any atom is 0.341 e. The zero-order valence-corrected chi connectivity index (χ0v) is 23.4. The van der Waals surface area contributed by atoms with Crippen molar-refractivity contribution >= 4 is 45.6 Å². The van der Waals surface area contributed by atoms with Crippen LogP contribution in [0.4, 0.5) is 0 Å². The number of nitrogens with zero attached hydrogens (tertiary/aromatic N) is 2. The molecule has 3 aromatic carbocycles. The molecule has 0 radical (unpaired) electrons. The van der Waals surface area contributed by atoms with E-state index in [9.17, 15) is 24.3 Å². The molecule has 0 saturated heterocycles. The number of nitrogens with one attached hydrogen (secondary N) is 1. The van der Waals surface area contributed by atoms with E-state index in [0.717, 1.165) is 10.1 Å². The molecule has 196 valence electrons. The number of methoxy groups -OCH3 is 1. The van der Waals surface area contributed by atoms with Gasteiger partial charge in [0.05, 0.1) is 52.5 Å². The van der Waals surface area contributed by atoms with Crippen LogP contribution >= 0.6 is 22.9 Å². The summed E-state index contributed by atoms with van der Waals surface area (Å²) >= 11 is 1.84. The van der Waals surface area contributed by atoms with Crippen LogP contribution in [0.1, 0.15) is 55.9 Å². The number of amides is 1. The molecule has 10 heteroatoms. The minimum absolute atomic E-state index is 0.168. The summed E-state index contributed by atoms with van der Waals surface area (Å²) in [5.74, 6) is -0.683. The molecule has 1 amide bonds. The van der Waals surface area contributed by atoms with E-state index >= 15 is 0 Å². The maximum absolute atomic E-state index is 13.6. The minimum atomic E-state index is -1.04. The van der Waals surface area contributed by atoms with Gasteiger partial charge in [0.2, 0.25) is 0 Å². The number of hydrogen-bond donors (Lipinski definition) is 2. The van der Waals surface area contributed by atoms with Gasteiger partial charge in [0.25, 0.3) is 11.5 Å². The second-order valence-corrected chi connectivity index (χ2v) is 9.90. The van der Waals surface area contributed by atoms with Gasteiger partial charge in [-0.15, -0.1) is 0 Å². The zero-order chi connectivity index (χ0) is 27.7. The lowest BCUT2D eigenvalue weighted by Crippen LogP contribution is -2.40. The highest BCUT2D eigenvalue weighted by Crippen LogP contribution is 2.25. The number of benzene rings is 3. The van der Waals surface area contributed by atoms with Crippen LogP contribution in [0.15, 0.2) is 64.2 Å². The molecule has 38 heavy (non-hydrogen) atoms. The molecule has 4 rings (SSSR count). The molecule has 0 aliphatic rings. The van der Waals surface area contributed by atoms with Crippen molar-refractivity contribution in [3.05, 3.63) is 109 Å². The number of fused-ring (bicyclic) bond motifs is 1. The van der Waals surface area contributed by atoms with Crippen molar-refractivity contribution in [1.82, 2.24) is 12.7 Å². The van der Waals surface area contributed by atoms with Gasteiger partial charge in [0, 0.05) is 12.1 Å². The third kappa shape index (κ3) is 4.95. The predicted molar refractivity (Wildman–Crippen MR) is 153 cm³/mol. The van der Waals surface area contributed by atoms with Gasteiger partial charge in [-0.1, -0.05) is 18.2 Å². The summed E-state index contributed by atoms with van der Waals surface area (Å²) in [7, 11) is 1.58. The lowest BCUT2D eigenvalue weighted by Gasteiger charge is -2.20. The van der Waals surface area contributed by atoms with E-state index in [1.165, 1.54) is 14.9 Å². The van der Waals surface area contributed by atoms with Gasteiger partial charge in [-0.3, -0.25) is 14.2 Å². The van der Waals surface area contributed by atoms with Crippen molar-refractivity contribution in [3.8, 4) is 5.75 Å². The van der Waals surface area contributed by atoms with E-state index in [2.05, 4.69) is 5.32 Å². The Kier molecular flexibility index (Phi) is 7.72. The second kappa shape index (κ2) is 10.8. The summed E-state index contributed by atoms with van der Waals surface area (Å²) in [6.45, 7) is 5.48. The molecule has 0 fully saturated rings. The largest absolute Gasteiger partial charge is 0.497 e. The smallest absolute Gasteiger partial charge is 0.341 e. The van der Waals surface area contributed by atoms with Crippen molar-refractivity contribution in [3.63, 3.8) is 0 Å². The first kappa shape index (κ1) is 27.1. The molecule has 4 aromatic rings. The Hall–Kier alpha value is -3.93. The summed E-state index contributed by atoms with van der Waals surface area (Å²) in [5, 5.41) is 12.5. The Labute approximate surface area is 232 Å². The molecule has 9 nitrogen and oxygen atoms in total. The number of carboxylic acid groups (broad SMARTS) is 1. The summed E-state index contributed by atoms with van der Waals surface area (Å²) in [5.41, 5.74) is 2.60. The normalized spacial score (nSPS) is 11.8. The average molecular weight is 627 g/mol. The van der Waals surface area contributed by atoms with Gasteiger partial charge >= 0.3 is 11.7 Å². The second-order valence-electron chi connectivity index (χ2n) is 8.93. The van der Waals surface area contributed by atoms with E-state index in [1.54, 1.807) is 58.2 Å². The Morgan fingerprint density at radius 2 is 1.71 bits per heavy atom. The third-order valence-corrected chi connectivity index (χ3v) is 7.73. The summed E-state index contributed by atoms with van der Waals surface area (Å²) in [6.07, 6.45) is 0. The summed E-state index contributed by atoms with van der Waals surface area (Å²) in [4.78, 5) is 51.3. The monoisotopic (exact) mass is 627 g/mol. The lowest BCUT2D eigenvalue weighted by atomic mass is 9.94. The van der Waals surface area contributed by atoms with E-state index in [4.69, 9.17) is 4.74 Å². The molecule has 1 atom stereocenters. The molecule has 0 bridgehead atoms. The zero-order valence-electron chi connectivity index (χ0n) is 21.2. The van der Waals surface area contributed by atoms with Crippen molar-refractivity contribution in [2.24, 2.45) is 0 Å². The number of carboxylic acids is 1. The molecule has 0 aliphatic heterocycles. The number of hydrogen-bond acceptors (Lipinski definition) is 5. The summed E-state index contributed by atoms with van der Waals surface area (Å²) < 4.78 is 7.63. The van der Waals surface area contributed by atoms with Crippen LogP contribution in [0.5, 0.6) is 5.75 Å². The SMILES string of the molecule is COc1ccc(CNC(=O)c2ccc3c(c2)c(=O)n(C(C)c2ccc(C(=O)O)c(C)c2C)c(=O)n3I)cc1. The standard InChI is InChI=1S/C28H26IN3O6/c1-15-16(2)22(27(35)36)11-10-21(15)17(3)31-26(34)23-13-19(7-12-24(23)32(29)28(31)37)25(33)30-14-18-5-8-20(38-4)9-6-18/h5-13,17H,14H2,1-4H3,(H,30,33)(H,35,36). The first-order chi connectivity index (χ1) is 18.0. The Balaban J connectivity index is 1.72. The van der Waals surface area contributed by atoms with Crippen LogP contribution in [-0.2, 0) is 6.54 Å². The molecule has 2 N–H and O–H groups in total. The van der Waals surface area contributed by atoms with E-state index in [0.29, 0.717) is 34.5 Å². The minimum Gasteiger partial charge on any atom is -0.497 e. The highest BCUT2D eigenvalue weighted by atomic mass is 127. The number of halogens is 1. The quantitative estimate of drug-likeness (QED) is 0.296. The topological polar surface area (TPSA) is 120 Å². The Morgan fingerprint density at radius 1 is 1.03 bits per heavy atom. The van der Waals surface area contributed by atoms with Crippen LogP contribution in [-0.4, -0.2) is 31.4 Å². The van der Waals surface area contributed by atoms with Gasteiger partial charge in [-0.2, -0.15) is 0 Å². The molecule has 0 aliphatic carbocycles. The molecule has 1 heterocycles. The van der Waals surface area contributed by atoms with Crippen LogP contribution in [0.2, 0.25) is 0 Å². The van der Waals surface area contributed by atoms with Crippen LogP contribution in [0.25, 0.3) is 10.9 Å². The fourth-order valence-electron chi connectivity index (χ4n) is 4.47. The molecular formula is C28H26IN3O6. The van der Waals surface area contributed by atoms with Gasteiger partial charge < -0.3 is 15.2 Å². The van der Waals surface area contributed by atoms with Crippen molar-refractivity contribution < 1.29 is 19.4 Å². The van der Waals surface area contributed by atoms with Crippen LogP contribution in [0.3, 0.4) is 0 Å². The molecule has 1 unspecified atom stereocenters. The van der Waals surface area contributed by atoms with E-state index in [-0.39, 0.29) is 22.4 Å². The van der Waals surface area contributed by atoms with E-state index in [1.807, 2.05) is 35.0 Å². The number of aromatic carboxylic acids is 1. The van der Waals surface area contributed by atoms with Gasteiger partial charge in [-0.25, -0.2) is 12.4 Å².